The first-order chi connectivity index (χ1) is 9.28. The molecule has 1 unspecified atom stereocenters. The van der Waals surface area contributed by atoms with Gasteiger partial charge >= 0.3 is 0 Å². The molecule has 0 saturated heterocycles. The molecule has 0 amide bonds. The van der Waals surface area contributed by atoms with Crippen molar-refractivity contribution in [3.05, 3.63) is 65.7 Å². The molecule has 2 aromatic rings. The second-order valence-corrected chi connectivity index (χ2v) is 4.91. The van der Waals surface area contributed by atoms with Gasteiger partial charge in [0, 0.05) is 18.3 Å². The SMILES string of the molecule is CC(Cc1ccccc1)Nc1ccc(CCO)cc1. The summed E-state index contributed by atoms with van der Waals surface area (Å²) < 4.78 is 0. The minimum atomic E-state index is 0.206. The van der Waals surface area contributed by atoms with Gasteiger partial charge in [0.25, 0.3) is 0 Å². The second kappa shape index (κ2) is 6.95. The standard InChI is InChI=1S/C17H21NO/c1-14(13-16-5-3-2-4-6-16)18-17-9-7-15(8-10-17)11-12-19/h2-10,14,18-19H,11-13H2,1H3. The molecule has 0 bridgehead atoms. The molecule has 0 fully saturated rings. The Morgan fingerprint density at radius 1 is 0.947 bits per heavy atom. The van der Waals surface area contributed by atoms with E-state index in [1.54, 1.807) is 0 Å². The van der Waals surface area contributed by atoms with Crippen LogP contribution < -0.4 is 5.32 Å². The summed E-state index contributed by atoms with van der Waals surface area (Å²) in [6, 6.07) is 19.2. The molecule has 0 aliphatic heterocycles. The molecule has 0 aliphatic carbocycles. The van der Waals surface area contributed by atoms with E-state index in [1.165, 1.54) is 11.1 Å². The van der Waals surface area contributed by atoms with Crippen LogP contribution in [0.2, 0.25) is 0 Å². The lowest BCUT2D eigenvalue weighted by molar-refractivity contribution is 0.299. The molecular formula is C17H21NO. The van der Waals surface area contributed by atoms with Crippen LogP contribution in [0.4, 0.5) is 5.69 Å². The smallest absolute Gasteiger partial charge is 0.0471 e. The molecule has 1 atom stereocenters. The Bertz CT molecular complexity index is 478. The first-order valence-electron chi connectivity index (χ1n) is 6.78. The Morgan fingerprint density at radius 3 is 2.26 bits per heavy atom. The molecule has 0 aliphatic rings. The number of hydrogen-bond donors (Lipinski definition) is 2. The molecule has 2 aromatic carbocycles. The highest BCUT2D eigenvalue weighted by Gasteiger charge is 2.03. The third-order valence-electron chi connectivity index (χ3n) is 3.15. The van der Waals surface area contributed by atoms with Crippen molar-refractivity contribution < 1.29 is 5.11 Å². The quantitative estimate of drug-likeness (QED) is 0.830. The molecule has 100 valence electrons. The van der Waals surface area contributed by atoms with Crippen molar-refractivity contribution in [2.75, 3.05) is 11.9 Å². The number of rotatable bonds is 6. The van der Waals surface area contributed by atoms with Gasteiger partial charge in [0.1, 0.15) is 0 Å². The maximum Gasteiger partial charge on any atom is 0.0471 e. The van der Waals surface area contributed by atoms with Crippen molar-refractivity contribution in [3.63, 3.8) is 0 Å². The van der Waals surface area contributed by atoms with E-state index in [0.717, 1.165) is 18.5 Å². The number of nitrogens with one attached hydrogen (secondary N) is 1. The summed E-state index contributed by atoms with van der Waals surface area (Å²) in [4.78, 5) is 0. The summed E-state index contributed by atoms with van der Waals surface area (Å²) >= 11 is 0. The van der Waals surface area contributed by atoms with Crippen LogP contribution in [0.1, 0.15) is 18.1 Å². The van der Waals surface area contributed by atoms with Crippen LogP contribution in [-0.4, -0.2) is 17.8 Å². The van der Waals surface area contributed by atoms with Crippen molar-refractivity contribution in [3.8, 4) is 0 Å². The summed E-state index contributed by atoms with van der Waals surface area (Å²) in [6.45, 7) is 2.39. The fourth-order valence-corrected chi connectivity index (χ4v) is 2.20. The van der Waals surface area contributed by atoms with E-state index in [0.29, 0.717) is 6.04 Å². The monoisotopic (exact) mass is 255 g/mol. The Morgan fingerprint density at radius 2 is 1.63 bits per heavy atom. The van der Waals surface area contributed by atoms with E-state index in [4.69, 9.17) is 5.11 Å². The van der Waals surface area contributed by atoms with Gasteiger partial charge in [-0.15, -0.1) is 0 Å². The lowest BCUT2D eigenvalue weighted by Crippen LogP contribution is -2.17. The zero-order chi connectivity index (χ0) is 13.5. The van der Waals surface area contributed by atoms with Gasteiger partial charge in [0.2, 0.25) is 0 Å². The van der Waals surface area contributed by atoms with Gasteiger partial charge in [0.15, 0.2) is 0 Å². The molecule has 0 saturated carbocycles. The maximum atomic E-state index is 8.88. The molecular weight excluding hydrogens is 234 g/mol. The van der Waals surface area contributed by atoms with Crippen molar-refractivity contribution in [1.29, 1.82) is 0 Å². The molecule has 2 heteroatoms. The molecule has 19 heavy (non-hydrogen) atoms. The summed E-state index contributed by atoms with van der Waals surface area (Å²) in [5, 5.41) is 12.4. The van der Waals surface area contributed by atoms with Gasteiger partial charge in [-0.2, -0.15) is 0 Å². The predicted molar refractivity (Wildman–Crippen MR) is 80.5 cm³/mol. The van der Waals surface area contributed by atoms with E-state index >= 15 is 0 Å². The number of anilines is 1. The van der Waals surface area contributed by atoms with E-state index in [9.17, 15) is 0 Å². The highest BCUT2D eigenvalue weighted by Crippen LogP contribution is 2.13. The topological polar surface area (TPSA) is 32.3 Å². The summed E-state index contributed by atoms with van der Waals surface area (Å²) in [5.41, 5.74) is 3.65. The van der Waals surface area contributed by atoms with Gasteiger partial charge in [-0.25, -0.2) is 0 Å². The molecule has 0 radical (unpaired) electrons. The van der Waals surface area contributed by atoms with Gasteiger partial charge < -0.3 is 10.4 Å². The predicted octanol–water partition coefficient (Wildman–Crippen LogP) is 3.26. The molecule has 0 heterocycles. The van der Waals surface area contributed by atoms with Crippen molar-refractivity contribution >= 4 is 5.69 Å². The molecule has 2 nitrogen and oxygen atoms in total. The van der Waals surface area contributed by atoms with Crippen LogP contribution in [-0.2, 0) is 12.8 Å². The van der Waals surface area contributed by atoms with E-state index in [2.05, 4.69) is 60.8 Å². The second-order valence-electron chi connectivity index (χ2n) is 4.91. The van der Waals surface area contributed by atoms with E-state index in [1.807, 2.05) is 6.07 Å². The Kier molecular flexibility index (Phi) is 4.99. The lowest BCUT2D eigenvalue weighted by Gasteiger charge is -2.15. The maximum absolute atomic E-state index is 8.88. The van der Waals surface area contributed by atoms with Gasteiger partial charge in [0.05, 0.1) is 0 Å². The number of aliphatic hydroxyl groups is 1. The van der Waals surface area contributed by atoms with Crippen LogP contribution in [0.15, 0.2) is 54.6 Å². The first-order valence-corrected chi connectivity index (χ1v) is 6.78. The minimum Gasteiger partial charge on any atom is -0.396 e. The van der Waals surface area contributed by atoms with Crippen LogP contribution in [0.5, 0.6) is 0 Å². The largest absolute Gasteiger partial charge is 0.396 e. The minimum absolute atomic E-state index is 0.206. The van der Waals surface area contributed by atoms with Gasteiger partial charge in [-0.1, -0.05) is 42.5 Å². The van der Waals surface area contributed by atoms with Gasteiger partial charge in [-0.05, 0) is 43.0 Å². The van der Waals surface area contributed by atoms with Crippen molar-refractivity contribution in [1.82, 2.24) is 0 Å². The number of hydrogen-bond acceptors (Lipinski definition) is 2. The van der Waals surface area contributed by atoms with Crippen LogP contribution in [0.3, 0.4) is 0 Å². The summed E-state index contributed by atoms with van der Waals surface area (Å²) in [6.07, 6.45) is 1.74. The van der Waals surface area contributed by atoms with Crippen LogP contribution in [0.25, 0.3) is 0 Å². The highest BCUT2D eigenvalue weighted by atomic mass is 16.2. The first kappa shape index (κ1) is 13.6. The number of benzene rings is 2. The van der Waals surface area contributed by atoms with Crippen molar-refractivity contribution in [2.24, 2.45) is 0 Å². The Labute approximate surface area is 115 Å². The van der Waals surface area contributed by atoms with Gasteiger partial charge in [-0.3, -0.25) is 0 Å². The Balaban J connectivity index is 1.89. The fourth-order valence-electron chi connectivity index (χ4n) is 2.20. The van der Waals surface area contributed by atoms with Crippen molar-refractivity contribution in [2.45, 2.75) is 25.8 Å². The van der Waals surface area contributed by atoms with Crippen LogP contribution >= 0.6 is 0 Å². The normalized spacial score (nSPS) is 12.1. The average Bonchev–Trinajstić information content (AvgIpc) is 2.42. The zero-order valence-electron chi connectivity index (χ0n) is 11.3. The molecule has 2 rings (SSSR count). The average molecular weight is 255 g/mol. The molecule has 0 aromatic heterocycles. The summed E-state index contributed by atoms with van der Waals surface area (Å²) in [7, 11) is 0. The third-order valence-corrected chi connectivity index (χ3v) is 3.15. The number of aliphatic hydroxyl groups excluding tert-OH is 1. The Hall–Kier alpha value is -1.80. The molecule has 0 spiro atoms. The summed E-state index contributed by atoms with van der Waals surface area (Å²) in [5.74, 6) is 0. The highest BCUT2D eigenvalue weighted by molar-refractivity contribution is 5.45. The fraction of sp³-hybridized carbons (Fsp3) is 0.294. The zero-order valence-corrected chi connectivity index (χ0v) is 11.3. The lowest BCUT2D eigenvalue weighted by atomic mass is 10.1. The molecule has 2 N–H and O–H groups in total. The van der Waals surface area contributed by atoms with E-state index < -0.39 is 0 Å². The van der Waals surface area contributed by atoms with Crippen LogP contribution in [0, 0.1) is 0 Å². The van der Waals surface area contributed by atoms with E-state index in [-0.39, 0.29) is 6.61 Å². The third kappa shape index (κ3) is 4.42.